The van der Waals surface area contributed by atoms with E-state index in [4.69, 9.17) is 0 Å². The van der Waals surface area contributed by atoms with Crippen molar-refractivity contribution in [1.82, 2.24) is 0 Å². The van der Waals surface area contributed by atoms with Crippen molar-refractivity contribution in [2.75, 3.05) is 0 Å². The molecule has 0 bridgehead atoms. The summed E-state index contributed by atoms with van der Waals surface area (Å²) in [6.45, 7) is 5.91. The summed E-state index contributed by atoms with van der Waals surface area (Å²) < 4.78 is 2.65. The van der Waals surface area contributed by atoms with Crippen LogP contribution in [0.1, 0.15) is 16.7 Å². The summed E-state index contributed by atoms with van der Waals surface area (Å²) in [5.74, 6) is 0. The van der Waals surface area contributed by atoms with Gasteiger partial charge in [-0.25, -0.2) is 0 Å². The fourth-order valence-corrected chi connectivity index (χ4v) is 6.31. The molecule has 0 unspecified atom stereocenters. The zero-order valence-electron chi connectivity index (χ0n) is 23.1. The minimum atomic E-state index is 0.835. The number of hydrogen-bond acceptors (Lipinski definition) is 2. The topological polar surface area (TPSA) is 12.4 Å². The van der Waals surface area contributed by atoms with Crippen LogP contribution in [0.15, 0.2) is 151 Å². The first-order valence-electron chi connectivity index (χ1n) is 13.9. The molecule has 7 aromatic rings. The molecule has 0 amide bonds. The molecule has 0 fully saturated rings. The van der Waals surface area contributed by atoms with Crippen LogP contribution in [-0.4, -0.2) is 6.72 Å². The maximum Gasteiger partial charge on any atom is 0.0658 e. The van der Waals surface area contributed by atoms with E-state index in [9.17, 15) is 0 Å². The minimum Gasteiger partial charge on any atom is -0.264 e. The Morgan fingerprint density at radius 3 is 2.00 bits per heavy atom. The second kappa shape index (κ2) is 12.2. The van der Waals surface area contributed by atoms with E-state index in [2.05, 4.69) is 140 Å². The van der Waals surface area contributed by atoms with Crippen LogP contribution in [0.3, 0.4) is 0 Å². The number of allylic oxidation sites excluding steroid dienone is 1. The van der Waals surface area contributed by atoms with Gasteiger partial charge in [-0.05, 0) is 71.8 Å². The third-order valence-corrected chi connectivity index (χ3v) is 8.43. The number of aryl methyl sites for hydroxylation is 1. The molecule has 41 heavy (non-hydrogen) atoms. The van der Waals surface area contributed by atoms with Crippen molar-refractivity contribution in [2.24, 2.45) is 4.99 Å². The number of benzene rings is 6. The molecule has 0 N–H and O–H groups in total. The number of rotatable bonds is 5. The van der Waals surface area contributed by atoms with Gasteiger partial charge in [-0.3, -0.25) is 4.99 Å². The molecule has 2 heteroatoms. The zero-order valence-corrected chi connectivity index (χ0v) is 23.9. The lowest BCUT2D eigenvalue weighted by atomic mass is 9.99. The van der Waals surface area contributed by atoms with E-state index >= 15 is 0 Å². The molecule has 0 aliphatic rings. The van der Waals surface area contributed by atoms with Crippen LogP contribution in [0.25, 0.3) is 47.8 Å². The number of hydrogen-bond donors (Lipinski definition) is 0. The highest BCUT2D eigenvalue weighted by molar-refractivity contribution is 7.25. The van der Waals surface area contributed by atoms with Gasteiger partial charge in [0.25, 0.3) is 0 Å². The lowest BCUT2D eigenvalue weighted by molar-refractivity contribution is 1.26. The van der Waals surface area contributed by atoms with Gasteiger partial charge in [-0.15, -0.1) is 11.3 Å². The molecule has 198 valence electrons. The molecule has 1 nitrogen and oxygen atoms in total. The van der Waals surface area contributed by atoms with Gasteiger partial charge in [0, 0.05) is 25.7 Å². The quantitative estimate of drug-likeness (QED) is 0.191. The number of thiophene rings is 1. The highest BCUT2D eigenvalue weighted by Gasteiger charge is 2.09. The lowest BCUT2D eigenvalue weighted by Crippen LogP contribution is -1.86. The van der Waals surface area contributed by atoms with E-state index in [1.165, 1.54) is 53.2 Å². The Balaban J connectivity index is 0.000000380. The SMILES string of the molecule is C=N/C(=C\Cc1ccccc1)c1cccc(-c2ccc3c(c2)sc2cc4ccccc4cc23)c1.Cc1ccccc1. The summed E-state index contributed by atoms with van der Waals surface area (Å²) in [6.07, 6.45) is 2.99. The van der Waals surface area contributed by atoms with Crippen molar-refractivity contribution in [3.63, 3.8) is 0 Å². The van der Waals surface area contributed by atoms with Gasteiger partial charge in [-0.1, -0.05) is 127 Å². The maximum atomic E-state index is 4.33. The van der Waals surface area contributed by atoms with E-state index in [1.807, 2.05) is 35.6 Å². The third kappa shape index (κ3) is 6.04. The first-order chi connectivity index (χ1) is 20.2. The standard InChI is InChI=1S/C32H23NS.C7H8/c1-33-30(17-14-22-8-3-2-4-9-22)27-13-7-12-23(18-27)26-15-16-28-29-19-24-10-5-6-11-25(24)20-32(29)34-31(28)21-26;1-7-5-3-2-4-6-7/h2-13,15-21H,1,14H2;2-6H,1H3/b30-17-;. The van der Waals surface area contributed by atoms with E-state index in [0.29, 0.717) is 0 Å². The second-order valence-electron chi connectivity index (χ2n) is 10.2. The molecule has 0 saturated heterocycles. The Bertz CT molecular complexity index is 1980. The summed E-state index contributed by atoms with van der Waals surface area (Å²) in [7, 11) is 0. The van der Waals surface area contributed by atoms with Crippen molar-refractivity contribution in [2.45, 2.75) is 13.3 Å². The van der Waals surface area contributed by atoms with Crippen molar-refractivity contribution in [1.29, 1.82) is 0 Å². The first-order valence-corrected chi connectivity index (χ1v) is 14.7. The predicted molar refractivity (Wildman–Crippen MR) is 181 cm³/mol. The molecule has 7 rings (SSSR count). The fraction of sp³-hybridized carbons (Fsp3) is 0.0513. The molecule has 1 heterocycles. The average Bonchev–Trinajstić information content (AvgIpc) is 3.38. The molecule has 0 aliphatic heterocycles. The number of fused-ring (bicyclic) bond motifs is 4. The van der Waals surface area contributed by atoms with Crippen molar-refractivity contribution >= 4 is 54.7 Å². The van der Waals surface area contributed by atoms with Gasteiger partial charge >= 0.3 is 0 Å². The van der Waals surface area contributed by atoms with Crippen molar-refractivity contribution in [3.05, 3.63) is 162 Å². The van der Waals surface area contributed by atoms with Gasteiger partial charge in [0.2, 0.25) is 0 Å². The monoisotopic (exact) mass is 545 g/mol. The van der Waals surface area contributed by atoms with Gasteiger partial charge in [-0.2, -0.15) is 0 Å². The summed E-state index contributed by atoms with van der Waals surface area (Å²) >= 11 is 1.87. The molecule has 0 radical (unpaired) electrons. The first kappa shape index (κ1) is 26.4. The van der Waals surface area contributed by atoms with Gasteiger partial charge < -0.3 is 0 Å². The molecular weight excluding hydrogens is 515 g/mol. The van der Waals surface area contributed by atoms with Gasteiger partial charge in [0.15, 0.2) is 0 Å². The number of aliphatic imine (C=N–C) groups is 1. The van der Waals surface area contributed by atoms with Crippen molar-refractivity contribution in [3.8, 4) is 11.1 Å². The van der Waals surface area contributed by atoms with Crippen LogP contribution in [0, 0.1) is 6.92 Å². The van der Waals surface area contributed by atoms with Crippen LogP contribution >= 0.6 is 11.3 Å². The summed E-state index contributed by atoms with van der Waals surface area (Å²) in [4.78, 5) is 4.33. The maximum absolute atomic E-state index is 4.33. The van der Waals surface area contributed by atoms with E-state index < -0.39 is 0 Å². The molecule has 0 saturated carbocycles. The summed E-state index contributed by atoms with van der Waals surface area (Å²) in [5, 5.41) is 5.24. The van der Waals surface area contributed by atoms with E-state index in [0.717, 1.165) is 17.7 Å². The summed E-state index contributed by atoms with van der Waals surface area (Å²) in [6, 6.07) is 49.4. The number of nitrogens with zero attached hydrogens (tertiary/aromatic N) is 1. The molecule has 0 spiro atoms. The average molecular weight is 546 g/mol. The van der Waals surface area contributed by atoms with Crippen LogP contribution < -0.4 is 0 Å². The largest absolute Gasteiger partial charge is 0.264 e. The molecular formula is C39H31NS. The Kier molecular flexibility index (Phi) is 7.84. The zero-order chi connectivity index (χ0) is 28.0. The Morgan fingerprint density at radius 2 is 1.29 bits per heavy atom. The molecule has 1 aromatic heterocycles. The third-order valence-electron chi connectivity index (χ3n) is 7.32. The molecule has 0 aliphatic carbocycles. The van der Waals surface area contributed by atoms with Crippen LogP contribution in [-0.2, 0) is 6.42 Å². The van der Waals surface area contributed by atoms with Gasteiger partial charge in [0.1, 0.15) is 0 Å². The van der Waals surface area contributed by atoms with Crippen LogP contribution in [0.2, 0.25) is 0 Å². The molecule has 6 aromatic carbocycles. The Morgan fingerprint density at radius 1 is 0.634 bits per heavy atom. The second-order valence-corrected chi connectivity index (χ2v) is 11.3. The highest BCUT2D eigenvalue weighted by atomic mass is 32.1. The predicted octanol–water partition coefficient (Wildman–Crippen LogP) is 11.2. The lowest BCUT2D eigenvalue weighted by Gasteiger charge is -2.07. The van der Waals surface area contributed by atoms with Crippen LogP contribution in [0.4, 0.5) is 0 Å². The molecule has 0 atom stereocenters. The summed E-state index contributed by atoms with van der Waals surface area (Å²) in [5.41, 5.74) is 7.00. The smallest absolute Gasteiger partial charge is 0.0658 e. The van der Waals surface area contributed by atoms with Gasteiger partial charge in [0.05, 0.1) is 5.70 Å². The normalized spacial score (nSPS) is 11.4. The Hall–Kier alpha value is -4.79. The Labute approximate surface area is 245 Å². The van der Waals surface area contributed by atoms with E-state index in [-0.39, 0.29) is 0 Å². The minimum absolute atomic E-state index is 0.835. The van der Waals surface area contributed by atoms with E-state index in [1.54, 1.807) is 0 Å². The van der Waals surface area contributed by atoms with Crippen molar-refractivity contribution < 1.29 is 0 Å². The van der Waals surface area contributed by atoms with Crippen LogP contribution in [0.5, 0.6) is 0 Å². The highest BCUT2D eigenvalue weighted by Crippen LogP contribution is 2.38. The fourth-order valence-electron chi connectivity index (χ4n) is 5.14.